The molecular formula is C28H40N4. The van der Waals surface area contributed by atoms with Crippen molar-refractivity contribution in [1.29, 1.82) is 0 Å². The first-order valence-corrected chi connectivity index (χ1v) is 12.9. The molecule has 4 heteroatoms. The summed E-state index contributed by atoms with van der Waals surface area (Å²) in [6, 6.07) is 18.4. The van der Waals surface area contributed by atoms with Crippen molar-refractivity contribution >= 4 is 5.69 Å². The van der Waals surface area contributed by atoms with Crippen LogP contribution in [0.15, 0.2) is 48.5 Å². The second-order valence-corrected chi connectivity index (χ2v) is 10.1. The average Bonchev–Trinajstić information content (AvgIpc) is 2.84. The van der Waals surface area contributed by atoms with Crippen molar-refractivity contribution in [3.05, 3.63) is 65.2 Å². The topological polar surface area (TPSA) is 39.3 Å². The van der Waals surface area contributed by atoms with Crippen molar-refractivity contribution in [2.75, 3.05) is 25.0 Å². The van der Waals surface area contributed by atoms with Crippen LogP contribution in [-0.2, 0) is 12.8 Å². The third kappa shape index (κ3) is 5.03. The Morgan fingerprint density at radius 1 is 0.969 bits per heavy atom. The zero-order chi connectivity index (χ0) is 21.8. The van der Waals surface area contributed by atoms with Gasteiger partial charge in [-0.05, 0) is 93.8 Å². The van der Waals surface area contributed by atoms with Gasteiger partial charge in [-0.2, -0.15) is 0 Å². The summed E-state index contributed by atoms with van der Waals surface area (Å²) in [4.78, 5) is 2.73. The van der Waals surface area contributed by atoms with Crippen LogP contribution in [0, 0.1) is 5.92 Å². The number of nitrogens with one attached hydrogen (secondary N) is 3. The summed E-state index contributed by atoms with van der Waals surface area (Å²) < 4.78 is 0. The van der Waals surface area contributed by atoms with E-state index < -0.39 is 0 Å². The van der Waals surface area contributed by atoms with E-state index in [0.717, 1.165) is 6.54 Å². The fourth-order valence-corrected chi connectivity index (χ4v) is 6.11. The molecule has 4 atom stereocenters. The average molecular weight is 433 g/mol. The number of rotatable bonds is 7. The lowest BCUT2D eigenvalue weighted by Gasteiger charge is -2.50. The molecule has 172 valence electrons. The van der Waals surface area contributed by atoms with Crippen LogP contribution < -0.4 is 16.0 Å². The van der Waals surface area contributed by atoms with E-state index in [1.54, 1.807) is 5.56 Å². The Bertz CT molecular complexity index is 861. The number of hydrogen-bond acceptors (Lipinski definition) is 4. The summed E-state index contributed by atoms with van der Waals surface area (Å²) in [6.07, 6.45) is 11.1. The van der Waals surface area contributed by atoms with Crippen LogP contribution in [0.5, 0.6) is 0 Å². The van der Waals surface area contributed by atoms with Crippen LogP contribution in [0.3, 0.4) is 0 Å². The summed E-state index contributed by atoms with van der Waals surface area (Å²) in [7, 11) is 0. The van der Waals surface area contributed by atoms with Gasteiger partial charge in [0.05, 0.1) is 12.3 Å². The van der Waals surface area contributed by atoms with Crippen LogP contribution in [0.2, 0.25) is 0 Å². The number of unbranched alkanes of at least 4 members (excludes halogenated alkanes) is 1. The number of nitrogens with zero attached hydrogens (tertiary/aromatic N) is 1. The summed E-state index contributed by atoms with van der Waals surface area (Å²) in [5, 5.41) is 11.4. The van der Waals surface area contributed by atoms with Gasteiger partial charge >= 0.3 is 0 Å². The van der Waals surface area contributed by atoms with Gasteiger partial charge in [-0.25, -0.2) is 0 Å². The predicted octanol–water partition coefficient (Wildman–Crippen LogP) is 5.08. The highest BCUT2D eigenvalue weighted by atomic mass is 15.3. The van der Waals surface area contributed by atoms with Crippen LogP contribution >= 0.6 is 0 Å². The Morgan fingerprint density at radius 2 is 1.81 bits per heavy atom. The molecule has 1 aliphatic carbocycles. The SMILES string of the molecule is CC1NC2c3ccc(NCCCCc4ccccc4)cc3CCC2C(N2CCCCC2)N1. The fourth-order valence-electron chi connectivity index (χ4n) is 6.11. The van der Waals surface area contributed by atoms with Crippen LogP contribution in [-0.4, -0.2) is 36.9 Å². The van der Waals surface area contributed by atoms with Gasteiger partial charge < -0.3 is 5.32 Å². The lowest BCUT2D eigenvalue weighted by Crippen LogP contribution is -2.65. The standard InChI is InChI=1S/C28H40N4/c1-21-30-27-25-16-14-24(29-17-7-6-12-22-10-4-2-5-11-22)20-23(25)13-15-26(27)28(31-21)32-18-8-3-9-19-32/h2,4-5,10-11,14,16,20-21,26-31H,3,6-9,12-13,15,17-19H2,1H3. The Hall–Kier alpha value is -1.88. The number of benzene rings is 2. The highest BCUT2D eigenvalue weighted by Gasteiger charge is 2.42. The first-order chi connectivity index (χ1) is 15.8. The van der Waals surface area contributed by atoms with Crippen LogP contribution in [0.1, 0.15) is 68.2 Å². The number of anilines is 1. The van der Waals surface area contributed by atoms with Gasteiger partial charge in [-0.3, -0.25) is 15.5 Å². The molecule has 0 amide bonds. The number of fused-ring (bicyclic) bond motifs is 3. The molecule has 3 N–H and O–H groups in total. The van der Waals surface area contributed by atoms with Gasteiger partial charge in [0.25, 0.3) is 0 Å². The van der Waals surface area contributed by atoms with E-state index >= 15 is 0 Å². The summed E-state index contributed by atoms with van der Waals surface area (Å²) in [6.45, 7) is 5.85. The molecule has 2 fully saturated rings. The second-order valence-electron chi connectivity index (χ2n) is 10.1. The Labute approximate surface area is 194 Å². The maximum atomic E-state index is 3.88. The number of piperidine rings is 1. The molecule has 2 aromatic rings. The zero-order valence-corrected chi connectivity index (χ0v) is 19.7. The monoisotopic (exact) mass is 432 g/mol. The summed E-state index contributed by atoms with van der Waals surface area (Å²) >= 11 is 0. The van der Waals surface area contributed by atoms with E-state index in [0.29, 0.717) is 24.3 Å². The first kappa shape index (κ1) is 21.9. The van der Waals surface area contributed by atoms with Gasteiger partial charge in [0.15, 0.2) is 0 Å². The molecule has 2 aliphatic heterocycles. The molecule has 0 radical (unpaired) electrons. The van der Waals surface area contributed by atoms with Gasteiger partial charge in [-0.1, -0.05) is 42.8 Å². The van der Waals surface area contributed by atoms with E-state index in [1.165, 1.54) is 81.3 Å². The van der Waals surface area contributed by atoms with E-state index in [4.69, 9.17) is 0 Å². The van der Waals surface area contributed by atoms with Crippen LogP contribution in [0.25, 0.3) is 0 Å². The van der Waals surface area contributed by atoms with Gasteiger partial charge in [0.1, 0.15) is 0 Å². The lowest BCUT2D eigenvalue weighted by molar-refractivity contribution is 0.0204. The Morgan fingerprint density at radius 3 is 2.66 bits per heavy atom. The van der Waals surface area contributed by atoms with Crippen molar-refractivity contribution in [3.63, 3.8) is 0 Å². The fraction of sp³-hybridized carbons (Fsp3) is 0.571. The molecule has 4 unspecified atom stereocenters. The van der Waals surface area contributed by atoms with Crippen LogP contribution in [0.4, 0.5) is 5.69 Å². The van der Waals surface area contributed by atoms with E-state index in [2.05, 4.69) is 76.3 Å². The molecule has 2 saturated heterocycles. The molecule has 4 nitrogen and oxygen atoms in total. The second kappa shape index (κ2) is 10.4. The Balaban J connectivity index is 1.18. The van der Waals surface area contributed by atoms with Crippen molar-refractivity contribution in [2.45, 2.75) is 76.7 Å². The number of aryl methyl sites for hydroxylation is 2. The van der Waals surface area contributed by atoms with E-state index in [-0.39, 0.29) is 0 Å². The van der Waals surface area contributed by atoms with Crippen molar-refractivity contribution in [3.8, 4) is 0 Å². The molecule has 0 bridgehead atoms. The molecule has 0 spiro atoms. The lowest BCUT2D eigenvalue weighted by atomic mass is 9.76. The minimum atomic E-state index is 0.358. The van der Waals surface area contributed by atoms with E-state index in [9.17, 15) is 0 Å². The normalized spacial score (nSPS) is 28.0. The molecule has 2 aromatic carbocycles. The molecule has 32 heavy (non-hydrogen) atoms. The van der Waals surface area contributed by atoms with Gasteiger partial charge in [0.2, 0.25) is 0 Å². The first-order valence-electron chi connectivity index (χ1n) is 12.9. The summed E-state index contributed by atoms with van der Waals surface area (Å²) in [5.41, 5.74) is 5.81. The molecule has 5 rings (SSSR count). The van der Waals surface area contributed by atoms with Crippen molar-refractivity contribution in [1.82, 2.24) is 15.5 Å². The molecule has 0 saturated carbocycles. The number of hydrogen-bond donors (Lipinski definition) is 3. The summed E-state index contributed by atoms with van der Waals surface area (Å²) in [5.74, 6) is 0.661. The quantitative estimate of drug-likeness (QED) is 0.534. The van der Waals surface area contributed by atoms with Crippen molar-refractivity contribution < 1.29 is 0 Å². The highest BCUT2D eigenvalue weighted by Crippen LogP contribution is 2.40. The smallest absolute Gasteiger partial charge is 0.0656 e. The minimum Gasteiger partial charge on any atom is -0.385 e. The molecule has 0 aromatic heterocycles. The zero-order valence-electron chi connectivity index (χ0n) is 19.7. The van der Waals surface area contributed by atoms with E-state index in [1.807, 2.05) is 0 Å². The largest absolute Gasteiger partial charge is 0.385 e. The third-order valence-electron chi connectivity index (χ3n) is 7.76. The minimum absolute atomic E-state index is 0.358. The van der Waals surface area contributed by atoms with Gasteiger partial charge in [0, 0.05) is 24.2 Å². The highest BCUT2D eigenvalue weighted by molar-refractivity contribution is 5.50. The van der Waals surface area contributed by atoms with Gasteiger partial charge in [-0.15, -0.1) is 0 Å². The molecule has 3 aliphatic rings. The molecule has 2 heterocycles. The maximum absolute atomic E-state index is 3.88. The molecular weight excluding hydrogens is 392 g/mol. The third-order valence-corrected chi connectivity index (χ3v) is 7.76. The maximum Gasteiger partial charge on any atom is 0.0656 e. The number of likely N-dealkylation sites (tertiary alicyclic amines) is 1. The Kier molecular flexibility index (Phi) is 7.11. The van der Waals surface area contributed by atoms with Crippen molar-refractivity contribution in [2.24, 2.45) is 5.92 Å². The predicted molar refractivity (Wildman–Crippen MR) is 134 cm³/mol.